The normalized spacial score (nSPS) is 17.9. The molecule has 1 aromatic carbocycles. The molecule has 92 valence electrons. The van der Waals surface area contributed by atoms with Gasteiger partial charge < -0.3 is 5.32 Å². The molecule has 1 heterocycles. The Morgan fingerprint density at radius 2 is 1.89 bits per heavy atom. The molecule has 0 aliphatic heterocycles. The van der Waals surface area contributed by atoms with E-state index in [2.05, 4.69) is 5.32 Å². The Morgan fingerprint density at radius 3 is 2.61 bits per heavy atom. The van der Waals surface area contributed by atoms with Gasteiger partial charge in [-0.05, 0) is 12.1 Å². The fourth-order valence-corrected chi connectivity index (χ4v) is 4.06. The van der Waals surface area contributed by atoms with Gasteiger partial charge in [-0.3, -0.25) is 4.79 Å². The Labute approximate surface area is 119 Å². The third-order valence-electron chi connectivity index (χ3n) is 2.99. The number of hydrogen-bond acceptors (Lipinski definition) is 3. The smallest absolute Gasteiger partial charge is 0.168 e. The summed E-state index contributed by atoms with van der Waals surface area (Å²) in [5.41, 5.74) is 2.42. The van der Waals surface area contributed by atoms with Gasteiger partial charge in [-0.2, -0.15) is 0 Å². The van der Waals surface area contributed by atoms with E-state index >= 15 is 0 Å². The number of fused-ring (bicyclic) bond motifs is 1. The molecule has 1 aliphatic carbocycles. The molecule has 2 nitrogen and oxygen atoms in total. The minimum Gasteiger partial charge on any atom is -0.378 e. The van der Waals surface area contributed by atoms with Crippen LogP contribution in [0.4, 0.5) is 5.69 Å². The summed E-state index contributed by atoms with van der Waals surface area (Å²) in [6, 6.07) is 9.69. The highest BCUT2D eigenvalue weighted by molar-refractivity contribution is 7.20. The second kappa shape index (κ2) is 4.57. The van der Waals surface area contributed by atoms with Crippen molar-refractivity contribution in [2.24, 2.45) is 0 Å². The molecule has 18 heavy (non-hydrogen) atoms. The molecule has 0 amide bonds. The van der Waals surface area contributed by atoms with Crippen LogP contribution in [0.25, 0.3) is 0 Å². The number of benzene rings is 1. The van der Waals surface area contributed by atoms with E-state index < -0.39 is 0 Å². The van der Waals surface area contributed by atoms with Crippen LogP contribution < -0.4 is 5.32 Å². The Kier molecular flexibility index (Phi) is 3.06. The lowest BCUT2D eigenvalue weighted by molar-refractivity contribution is 0.0991. The van der Waals surface area contributed by atoms with Gasteiger partial charge in [-0.25, -0.2) is 0 Å². The molecule has 1 N–H and O–H groups in total. The van der Waals surface area contributed by atoms with Crippen LogP contribution >= 0.6 is 34.5 Å². The van der Waals surface area contributed by atoms with E-state index in [1.54, 1.807) is 0 Å². The highest BCUT2D eigenvalue weighted by Crippen LogP contribution is 2.47. The predicted octanol–water partition coefficient (Wildman–Crippen LogP) is 4.79. The molecule has 0 bridgehead atoms. The zero-order valence-corrected chi connectivity index (χ0v) is 11.6. The van der Waals surface area contributed by atoms with Gasteiger partial charge in [0.15, 0.2) is 5.78 Å². The highest BCUT2D eigenvalue weighted by atomic mass is 35.5. The van der Waals surface area contributed by atoms with Crippen LogP contribution in [0.5, 0.6) is 0 Å². The first kappa shape index (κ1) is 12.0. The number of Topliss-reactive ketones (excluding diaryl/α,β-unsaturated/α-hetero) is 1. The number of hydrogen-bond donors (Lipinski definition) is 1. The number of nitrogens with one attached hydrogen (secondary N) is 1. The summed E-state index contributed by atoms with van der Waals surface area (Å²) in [7, 11) is 0. The summed E-state index contributed by atoms with van der Waals surface area (Å²) in [6.07, 6.45) is 0.409. The van der Waals surface area contributed by atoms with Crippen LogP contribution in [0, 0.1) is 0 Å². The number of rotatable bonds is 2. The molecule has 1 aromatic heterocycles. The second-order valence-corrected chi connectivity index (χ2v) is 6.35. The van der Waals surface area contributed by atoms with Crippen LogP contribution in [0.2, 0.25) is 8.67 Å². The van der Waals surface area contributed by atoms with Gasteiger partial charge in [0, 0.05) is 17.7 Å². The summed E-state index contributed by atoms with van der Waals surface area (Å²) >= 11 is 13.5. The predicted molar refractivity (Wildman–Crippen MR) is 76.1 cm³/mol. The molecule has 3 rings (SSSR count). The molecular formula is C13H9Cl2NOS. The SMILES string of the molecule is O=C1CC(Nc2ccccc2)c2c(Cl)sc(Cl)c21. The maximum Gasteiger partial charge on any atom is 0.168 e. The quantitative estimate of drug-likeness (QED) is 0.863. The topological polar surface area (TPSA) is 29.1 Å². The average molecular weight is 298 g/mol. The van der Waals surface area contributed by atoms with Crippen molar-refractivity contribution in [2.45, 2.75) is 12.5 Å². The second-order valence-electron chi connectivity index (χ2n) is 4.13. The van der Waals surface area contributed by atoms with Gasteiger partial charge in [0.05, 0.1) is 11.6 Å². The standard InChI is InChI=1S/C13H9Cl2NOS/c14-12-10-8(16-7-4-2-1-3-5-7)6-9(17)11(10)13(15)18-12/h1-5,8,16H,6H2. The Hall–Kier alpha value is -1.03. The molecule has 0 fully saturated rings. The molecular weight excluding hydrogens is 289 g/mol. The summed E-state index contributed by atoms with van der Waals surface area (Å²) in [5, 5.41) is 3.32. The van der Waals surface area contributed by atoms with Gasteiger partial charge >= 0.3 is 0 Å². The Balaban J connectivity index is 1.96. The van der Waals surface area contributed by atoms with Crippen molar-refractivity contribution in [1.29, 1.82) is 0 Å². The maximum absolute atomic E-state index is 11.9. The number of halogens is 2. The number of thiophene rings is 1. The van der Waals surface area contributed by atoms with E-state index in [9.17, 15) is 4.79 Å². The molecule has 2 aromatic rings. The third-order valence-corrected chi connectivity index (χ3v) is 4.63. The van der Waals surface area contributed by atoms with Crippen LogP contribution in [0.3, 0.4) is 0 Å². The van der Waals surface area contributed by atoms with Gasteiger partial charge in [-0.1, -0.05) is 41.4 Å². The number of para-hydroxylation sites is 1. The molecule has 1 aliphatic rings. The summed E-state index contributed by atoms with van der Waals surface area (Å²) in [6.45, 7) is 0. The zero-order chi connectivity index (χ0) is 12.7. The fourth-order valence-electron chi connectivity index (χ4n) is 2.21. The first-order valence-corrected chi connectivity index (χ1v) is 7.06. The zero-order valence-electron chi connectivity index (χ0n) is 9.24. The summed E-state index contributed by atoms with van der Waals surface area (Å²) < 4.78 is 1.10. The number of ketones is 1. The van der Waals surface area contributed by atoms with E-state index in [1.807, 2.05) is 30.3 Å². The van der Waals surface area contributed by atoms with Crippen LogP contribution in [-0.2, 0) is 0 Å². The van der Waals surface area contributed by atoms with Crippen molar-refractivity contribution in [3.8, 4) is 0 Å². The minimum absolute atomic E-state index is 0.0616. The molecule has 1 atom stereocenters. The molecule has 0 radical (unpaired) electrons. The monoisotopic (exact) mass is 297 g/mol. The minimum atomic E-state index is -0.0776. The van der Waals surface area contributed by atoms with Crippen molar-refractivity contribution >= 4 is 46.0 Å². The van der Waals surface area contributed by atoms with E-state index in [4.69, 9.17) is 23.2 Å². The lowest BCUT2D eigenvalue weighted by atomic mass is 10.1. The van der Waals surface area contributed by atoms with E-state index in [0.717, 1.165) is 11.3 Å². The fraction of sp³-hybridized carbons (Fsp3) is 0.154. The summed E-state index contributed by atoms with van der Waals surface area (Å²) in [4.78, 5) is 11.9. The first-order chi connectivity index (χ1) is 8.66. The number of anilines is 1. The van der Waals surface area contributed by atoms with Gasteiger partial charge in [0.25, 0.3) is 0 Å². The molecule has 0 saturated heterocycles. The van der Waals surface area contributed by atoms with Crippen LogP contribution in [0.15, 0.2) is 30.3 Å². The van der Waals surface area contributed by atoms with Gasteiger partial charge in [0.1, 0.15) is 8.67 Å². The largest absolute Gasteiger partial charge is 0.378 e. The van der Waals surface area contributed by atoms with Gasteiger partial charge in [-0.15, -0.1) is 11.3 Å². The van der Waals surface area contributed by atoms with E-state index in [1.165, 1.54) is 11.3 Å². The van der Waals surface area contributed by atoms with Crippen molar-refractivity contribution in [3.63, 3.8) is 0 Å². The molecule has 0 spiro atoms. The average Bonchev–Trinajstić information content (AvgIpc) is 2.82. The molecule has 5 heteroatoms. The van der Waals surface area contributed by atoms with Crippen molar-refractivity contribution in [2.75, 3.05) is 5.32 Å². The first-order valence-electron chi connectivity index (χ1n) is 5.49. The van der Waals surface area contributed by atoms with Crippen molar-refractivity contribution in [3.05, 3.63) is 50.1 Å². The molecule has 0 saturated carbocycles. The number of carbonyl (C=O) groups excluding carboxylic acids is 1. The van der Waals surface area contributed by atoms with Crippen LogP contribution in [0.1, 0.15) is 28.4 Å². The van der Waals surface area contributed by atoms with Crippen LogP contribution in [-0.4, -0.2) is 5.78 Å². The Morgan fingerprint density at radius 1 is 1.17 bits per heavy atom. The van der Waals surface area contributed by atoms with Crippen molar-refractivity contribution < 1.29 is 4.79 Å². The van der Waals surface area contributed by atoms with Gasteiger partial charge in [0.2, 0.25) is 0 Å². The highest BCUT2D eigenvalue weighted by Gasteiger charge is 2.35. The number of carbonyl (C=O) groups is 1. The lowest BCUT2D eigenvalue weighted by Gasteiger charge is -2.14. The third kappa shape index (κ3) is 1.92. The van der Waals surface area contributed by atoms with E-state index in [-0.39, 0.29) is 11.8 Å². The van der Waals surface area contributed by atoms with Crippen molar-refractivity contribution in [1.82, 2.24) is 0 Å². The maximum atomic E-state index is 11.9. The lowest BCUT2D eigenvalue weighted by Crippen LogP contribution is -2.07. The Bertz CT molecular complexity index is 609. The van der Waals surface area contributed by atoms with E-state index in [0.29, 0.717) is 20.7 Å². The molecule has 1 unspecified atom stereocenters. The summed E-state index contributed by atoms with van der Waals surface area (Å²) in [5.74, 6) is 0.0616.